The summed E-state index contributed by atoms with van der Waals surface area (Å²) in [4.78, 5) is 23.3. The molecular weight excluding hydrogens is 238 g/mol. The number of aryl methyl sites for hydroxylation is 2. The Kier molecular flexibility index (Phi) is 3.31. The zero-order chi connectivity index (χ0) is 14.3. The number of carbonyl (C=O) groups excluding carboxylic acids is 2. The maximum atomic E-state index is 11.9. The van der Waals surface area contributed by atoms with E-state index in [9.17, 15) is 9.59 Å². The third-order valence-corrected chi connectivity index (χ3v) is 3.64. The van der Waals surface area contributed by atoms with Crippen molar-refractivity contribution in [2.75, 3.05) is 0 Å². The lowest BCUT2D eigenvalue weighted by Crippen LogP contribution is -2.10. The van der Waals surface area contributed by atoms with Crippen LogP contribution in [0.1, 0.15) is 41.0 Å². The van der Waals surface area contributed by atoms with E-state index in [0.29, 0.717) is 12.1 Å². The second kappa shape index (κ2) is 4.65. The van der Waals surface area contributed by atoms with Crippen LogP contribution in [-0.2, 0) is 11.3 Å². The first-order valence-electron chi connectivity index (χ1n) is 6.43. The molecule has 1 aromatic carbocycles. The number of hydrogen-bond donors (Lipinski definition) is 0. The van der Waals surface area contributed by atoms with E-state index < -0.39 is 0 Å². The molecule has 0 saturated heterocycles. The van der Waals surface area contributed by atoms with Gasteiger partial charge in [-0.3, -0.25) is 9.59 Å². The van der Waals surface area contributed by atoms with E-state index in [1.54, 1.807) is 13.8 Å². The van der Waals surface area contributed by atoms with E-state index in [-0.39, 0.29) is 11.6 Å². The van der Waals surface area contributed by atoms with Crippen molar-refractivity contribution >= 4 is 22.5 Å². The fourth-order valence-electron chi connectivity index (χ4n) is 2.61. The molecule has 0 unspecified atom stereocenters. The van der Waals surface area contributed by atoms with Crippen molar-refractivity contribution in [1.82, 2.24) is 4.57 Å². The Morgan fingerprint density at radius 2 is 1.74 bits per heavy atom. The van der Waals surface area contributed by atoms with Gasteiger partial charge in [0, 0.05) is 16.6 Å². The highest BCUT2D eigenvalue weighted by Gasteiger charge is 2.17. The van der Waals surface area contributed by atoms with Crippen LogP contribution in [0.5, 0.6) is 0 Å². The molecule has 0 atom stereocenters. The normalized spacial score (nSPS) is 11.0. The minimum atomic E-state index is 0.0380. The second-order valence-electron chi connectivity index (χ2n) is 5.26. The standard InChI is InChI=1S/C16H19NO2/c1-9-6-14-11(3)12(4)17(8-10(2)18)16(14)15(7-9)13(5)19/h6-7H,8H2,1-5H3. The summed E-state index contributed by atoms with van der Waals surface area (Å²) in [6.07, 6.45) is 0. The summed E-state index contributed by atoms with van der Waals surface area (Å²) < 4.78 is 1.96. The molecule has 0 radical (unpaired) electrons. The second-order valence-corrected chi connectivity index (χ2v) is 5.26. The molecule has 100 valence electrons. The topological polar surface area (TPSA) is 39.1 Å². The van der Waals surface area contributed by atoms with Crippen LogP contribution in [0.15, 0.2) is 12.1 Å². The maximum absolute atomic E-state index is 11.9. The Morgan fingerprint density at radius 3 is 2.26 bits per heavy atom. The van der Waals surface area contributed by atoms with Crippen LogP contribution < -0.4 is 0 Å². The van der Waals surface area contributed by atoms with Gasteiger partial charge in [-0.25, -0.2) is 0 Å². The molecule has 2 aromatic rings. The largest absolute Gasteiger partial charge is 0.337 e. The Balaban J connectivity index is 2.91. The highest BCUT2D eigenvalue weighted by Crippen LogP contribution is 2.29. The molecule has 0 spiro atoms. The van der Waals surface area contributed by atoms with Crippen LogP contribution in [-0.4, -0.2) is 16.1 Å². The van der Waals surface area contributed by atoms with Gasteiger partial charge in [0.25, 0.3) is 0 Å². The van der Waals surface area contributed by atoms with E-state index >= 15 is 0 Å². The van der Waals surface area contributed by atoms with Gasteiger partial charge in [-0.15, -0.1) is 0 Å². The van der Waals surface area contributed by atoms with Gasteiger partial charge in [-0.2, -0.15) is 0 Å². The summed E-state index contributed by atoms with van der Waals surface area (Å²) in [5.74, 6) is 0.131. The monoisotopic (exact) mass is 257 g/mol. The van der Waals surface area contributed by atoms with Crippen LogP contribution in [0, 0.1) is 20.8 Å². The van der Waals surface area contributed by atoms with Gasteiger partial charge in [-0.1, -0.05) is 0 Å². The minimum Gasteiger partial charge on any atom is -0.337 e. The summed E-state index contributed by atoms with van der Waals surface area (Å²) in [5.41, 5.74) is 4.86. The Morgan fingerprint density at radius 1 is 1.11 bits per heavy atom. The van der Waals surface area contributed by atoms with Crippen molar-refractivity contribution in [3.63, 3.8) is 0 Å². The SMILES string of the molecule is CC(=O)Cn1c(C)c(C)c2cc(C)cc(C(C)=O)c21. The number of nitrogens with zero attached hydrogens (tertiary/aromatic N) is 1. The van der Waals surface area contributed by atoms with Gasteiger partial charge < -0.3 is 4.57 Å². The van der Waals surface area contributed by atoms with Crippen molar-refractivity contribution in [2.24, 2.45) is 0 Å². The van der Waals surface area contributed by atoms with E-state index in [1.807, 2.05) is 31.4 Å². The number of fused-ring (bicyclic) bond motifs is 1. The first kappa shape index (κ1) is 13.5. The predicted molar refractivity (Wildman–Crippen MR) is 76.8 cm³/mol. The van der Waals surface area contributed by atoms with Crippen LogP contribution in [0.3, 0.4) is 0 Å². The Bertz CT molecular complexity index is 693. The number of hydrogen-bond acceptors (Lipinski definition) is 2. The van der Waals surface area contributed by atoms with E-state index in [0.717, 1.165) is 27.7 Å². The number of aromatic nitrogens is 1. The lowest BCUT2D eigenvalue weighted by Gasteiger charge is -2.09. The number of rotatable bonds is 3. The fourth-order valence-corrected chi connectivity index (χ4v) is 2.61. The van der Waals surface area contributed by atoms with Gasteiger partial charge in [-0.05, 0) is 57.9 Å². The zero-order valence-corrected chi connectivity index (χ0v) is 12.1. The van der Waals surface area contributed by atoms with Gasteiger partial charge >= 0.3 is 0 Å². The third kappa shape index (κ3) is 2.21. The fraction of sp³-hybridized carbons (Fsp3) is 0.375. The number of carbonyl (C=O) groups is 2. The van der Waals surface area contributed by atoms with Gasteiger partial charge in [0.2, 0.25) is 0 Å². The number of benzene rings is 1. The lowest BCUT2D eigenvalue weighted by atomic mass is 10.0. The zero-order valence-electron chi connectivity index (χ0n) is 12.1. The summed E-state index contributed by atoms with van der Waals surface area (Å²) in [5, 5.41) is 1.07. The van der Waals surface area contributed by atoms with E-state index in [2.05, 4.69) is 6.07 Å². The third-order valence-electron chi connectivity index (χ3n) is 3.64. The molecule has 3 nitrogen and oxygen atoms in total. The molecule has 19 heavy (non-hydrogen) atoms. The first-order valence-corrected chi connectivity index (χ1v) is 6.43. The summed E-state index contributed by atoms with van der Waals surface area (Å²) in [6.45, 7) is 9.49. The highest BCUT2D eigenvalue weighted by molar-refractivity contribution is 6.07. The van der Waals surface area contributed by atoms with Crippen molar-refractivity contribution in [1.29, 1.82) is 0 Å². The van der Waals surface area contributed by atoms with Crippen molar-refractivity contribution in [3.8, 4) is 0 Å². The van der Waals surface area contributed by atoms with Crippen LogP contribution in [0.4, 0.5) is 0 Å². The molecule has 0 N–H and O–H groups in total. The van der Waals surface area contributed by atoms with E-state index in [1.165, 1.54) is 0 Å². The highest BCUT2D eigenvalue weighted by atomic mass is 16.1. The van der Waals surface area contributed by atoms with Crippen LogP contribution in [0.25, 0.3) is 10.9 Å². The molecule has 0 aliphatic heterocycles. The summed E-state index contributed by atoms with van der Waals surface area (Å²) in [6, 6.07) is 3.99. The maximum Gasteiger partial charge on any atom is 0.161 e. The molecule has 0 saturated carbocycles. The van der Waals surface area contributed by atoms with Gasteiger partial charge in [0.05, 0.1) is 12.1 Å². The number of ketones is 2. The Labute approximate surface area is 113 Å². The predicted octanol–water partition coefficient (Wildman–Crippen LogP) is 3.36. The van der Waals surface area contributed by atoms with Gasteiger partial charge in [0.1, 0.15) is 5.78 Å². The molecule has 0 aliphatic rings. The van der Waals surface area contributed by atoms with Crippen LogP contribution >= 0.6 is 0 Å². The molecular formula is C16H19NO2. The van der Waals surface area contributed by atoms with Crippen molar-refractivity contribution < 1.29 is 9.59 Å². The smallest absolute Gasteiger partial charge is 0.161 e. The molecule has 0 bridgehead atoms. The number of Topliss-reactive ketones (excluding diaryl/α,β-unsaturated/α-hetero) is 2. The lowest BCUT2D eigenvalue weighted by molar-refractivity contribution is -0.117. The van der Waals surface area contributed by atoms with Gasteiger partial charge in [0.15, 0.2) is 5.78 Å². The quantitative estimate of drug-likeness (QED) is 0.791. The molecule has 1 aromatic heterocycles. The molecule has 1 heterocycles. The van der Waals surface area contributed by atoms with E-state index in [4.69, 9.17) is 0 Å². The van der Waals surface area contributed by atoms with Crippen molar-refractivity contribution in [3.05, 3.63) is 34.5 Å². The average Bonchev–Trinajstić information content (AvgIpc) is 2.53. The van der Waals surface area contributed by atoms with Crippen LogP contribution in [0.2, 0.25) is 0 Å². The minimum absolute atomic E-state index is 0.0380. The summed E-state index contributed by atoms with van der Waals surface area (Å²) in [7, 11) is 0. The molecule has 0 aliphatic carbocycles. The molecule has 0 fully saturated rings. The molecule has 0 amide bonds. The molecule has 2 rings (SSSR count). The van der Waals surface area contributed by atoms with Crippen molar-refractivity contribution in [2.45, 2.75) is 41.2 Å². The molecule has 3 heteroatoms. The summed E-state index contributed by atoms with van der Waals surface area (Å²) >= 11 is 0. The average molecular weight is 257 g/mol. The Hall–Kier alpha value is -1.90. The first-order chi connectivity index (χ1) is 8.82.